The molecule has 1 amide bonds. The number of nitriles is 1. The molecule has 2 heterocycles. The lowest BCUT2D eigenvalue weighted by Gasteiger charge is -2.45. The fourth-order valence-corrected chi connectivity index (χ4v) is 4.55. The number of ether oxygens (including phenoxy) is 1. The summed E-state index contributed by atoms with van der Waals surface area (Å²) in [6.45, 7) is 5.68. The lowest BCUT2D eigenvalue weighted by atomic mass is 9.80. The highest BCUT2D eigenvalue weighted by Gasteiger charge is 2.46. The molecule has 4 rings (SSSR count). The molecule has 35 heavy (non-hydrogen) atoms. The van der Waals surface area contributed by atoms with E-state index >= 15 is 0 Å². The normalized spacial score (nSPS) is 19.1. The Kier molecular flexibility index (Phi) is 6.55. The van der Waals surface area contributed by atoms with Gasteiger partial charge < -0.3 is 14.7 Å². The molecule has 7 nitrogen and oxygen atoms in total. The minimum Gasteiger partial charge on any atom is -0.438 e. The summed E-state index contributed by atoms with van der Waals surface area (Å²) in [4.78, 5) is 23.2. The van der Waals surface area contributed by atoms with Crippen LogP contribution in [0.5, 0.6) is 0 Å². The standard InChI is InChI=1S/C27H27FN4O3/c1-18(19-4-6-20(7-5-19)24-16-30-23(14-29)15-31-24)32-13-12-27(35-25(32)33,17-26(2,3)34)21-8-10-22(28)11-9-21/h4-11,15-16,18,34H,12-13,17H2,1-3H3. The van der Waals surface area contributed by atoms with Gasteiger partial charge in [0.2, 0.25) is 0 Å². The van der Waals surface area contributed by atoms with E-state index in [1.807, 2.05) is 37.3 Å². The monoisotopic (exact) mass is 474 g/mol. The maximum atomic E-state index is 13.5. The maximum absolute atomic E-state index is 13.5. The Labute approximate surface area is 203 Å². The van der Waals surface area contributed by atoms with Gasteiger partial charge in [-0.25, -0.2) is 14.2 Å². The summed E-state index contributed by atoms with van der Waals surface area (Å²) in [6.07, 6.45) is 3.14. The van der Waals surface area contributed by atoms with Crippen LogP contribution in [0.15, 0.2) is 60.9 Å². The van der Waals surface area contributed by atoms with Crippen molar-refractivity contribution >= 4 is 6.09 Å². The maximum Gasteiger partial charge on any atom is 0.411 e. The quantitative estimate of drug-likeness (QED) is 0.533. The Bertz CT molecular complexity index is 1230. The fourth-order valence-electron chi connectivity index (χ4n) is 4.55. The predicted molar refractivity (Wildman–Crippen MR) is 127 cm³/mol. The molecular formula is C27H27FN4O3. The van der Waals surface area contributed by atoms with Crippen molar-refractivity contribution < 1.29 is 19.0 Å². The number of rotatable bonds is 6. The van der Waals surface area contributed by atoms with Gasteiger partial charge in [0, 0.05) is 24.9 Å². The van der Waals surface area contributed by atoms with Gasteiger partial charge in [-0.1, -0.05) is 36.4 Å². The number of aromatic nitrogens is 2. The molecule has 0 bridgehead atoms. The molecule has 1 fully saturated rings. The summed E-state index contributed by atoms with van der Waals surface area (Å²) in [5.74, 6) is -0.375. The summed E-state index contributed by atoms with van der Waals surface area (Å²) < 4.78 is 19.5. The predicted octanol–water partition coefficient (Wildman–Crippen LogP) is 5.11. The lowest BCUT2D eigenvalue weighted by molar-refractivity contribution is -0.101. The number of carbonyl (C=O) groups excluding carboxylic acids is 1. The molecular weight excluding hydrogens is 447 g/mol. The van der Waals surface area contributed by atoms with Gasteiger partial charge in [0.25, 0.3) is 0 Å². The Hall–Kier alpha value is -3.83. The van der Waals surface area contributed by atoms with Crippen molar-refractivity contribution in [2.75, 3.05) is 6.54 Å². The molecule has 0 radical (unpaired) electrons. The molecule has 2 atom stereocenters. The molecule has 8 heteroatoms. The second-order valence-corrected chi connectivity index (χ2v) is 9.50. The highest BCUT2D eigenvalue weighted by Crippen LogP contribution is 2.42. The number of halogens is 1. The topological polar surface area (TPSA) is 99.3 Å². The first kappa shape index (κ1) is 24.3. The third-order valence-corrected chi connectivity index (χ3v) is 6.28. The van der Waals surface area contributed by atoms with Crippen molar-refractivity contribution in [1.82, 2.24) is 14.9 Å². The van der Waals surface area contributed by atoms with Crippen LogP contribution in [0.3, 0.4) is 0 Å². The average molecular weight is 475 g/mol. The zero-order valence-corrected chi connectivity index (χ0v) is 19.9. The Balaban J connectivity index is 1.53. The average Bonchev–Trinajstić information content (AvgIpc) is 2.83. The van der Waals surface area contributed by atoms with Gasteiger partial charge in [-0.3, -0.25) is 4.98 Å². The minimum atomic E-state index is -1.09. The van der Waals surface area contributed by atoms with Crippen LogP contribution in [-0.2, 0) is 10.3 Å². The third-order valence-electron chi connectivity index (χ3n) is 6.28. The van der Waals surface area contributed by atoms with Crippen molar-refractivity contribution in [3.8, 4) is 17.3 Å². The molecule has 3 aromatic rings. The summed E-state index contributed by atoms with van der Waals surface area (Å²) in [5, 5.41) is 19.4. The second-order valence-electron chi connectivity index (χ2n) is 9.50. The zero-order valence-electron chi connectivity index (χ0n) is 19.9. The van der Waals surface area contributed by atoms with Gasteiger partial charge in [-0.05, 0) is 44.0 Å². The van der Waals surface area contributed by atoms with E-state index in [4.69, 9.17) is 10.00 Å². The Morgan fingerprint density at radius 1 is 1.17 bits per heavy atom. The molecule has 1 aromatic heterocycles. The van der Waals surface area contributed by atoms with Gasteiger partial charge >= 0.3 is 6.09 Å². The van der Waals surface area contributed by atoms with Crippen LogP contribution in [0.25, 0.3) is 11.3 Å². The highest BCUT2D eigenvalue weighted by atomic mass is 19.1. The SMILES string of the molecule is CC(c1ccc(-c2cnc(C#N)cn2)cc1)N1CCC(CC(C)(C)O)(c2ccc(F)cc2)OC1=O. The molecule has 1 aliphatic heterocycles. The second kappa shape index (κ2) is 9.43. The van der Waals surface area contributed by atoms with E-state index in [1.165, 1.54) is 18.3 Å². The third kappa shape index (κ3) is 5.31. The van der Waals surface area contributed by atoms with E-state index in [2.05, 4.69) is 9.97 Å². The molecule has 0 saturated carbocycles. The summed E-state index contributed by atoms with van der Waals surface area (Å²) in [6, 6.07) is 15.2. The number of aliphatic hydroxyl groups is 1. The van der Waals surface area contributed by atoms with E-state index < -0.39 is 17.3 Å². The first-order chi connectivity index (χ1) is 16.6. The van der Waals surface area contributed by atoms with Gasteiger partial charge in [-0.15, -0.1) is 0 Å². The lowest BCUT2D eigenvalue weighted by Crippen LogP contribution is -2.51. The van der Waals surface area contributed by atoms with E-state index in [-0.39, 0.29) is 24.0 Å². The molecule has 0 spiro atoms. The first-order valence-corrected chi connectivity index (χ1v) is 11.4. The first-order valence-electron chi connectivity index (χ1n) is 11.4. The molecule has 2 aromatic carbocycles. The smallest absolute Gasteiger partial charge is 0.411 e. The Morgan fingerprint density at radius 2 is 1.86 bits per heavy atom. The van der Waals surface area contributed by atoms with E-state index in [0.29, 0.717) is 24.2 Å². The van der Waals surface area contributed by atoms with E-state index in [1.54, 1.807) is 37.1 Å². The fraction of sp³-hybridized carbons (Fsp3) is 0.333. The molecule has 1 saturated heterocycles. The van der Waals surface area contributed by atoms with E-state index in [0.717, 1.165) is 11.1 Å². The Morgan fingerprint density at radius 3 is 2.40 bits per heavy atom. The summed E-state index contributed by atoms with van der Waals surface area (Å²) in [5.41, 5.74) is 1.20. The van der Waals surface area contributed by atoms with Crippen molar-refractivity contribution in [2.45, 2.75) is 50.9 Å². The largest absolute Gasteiger partial charge is 0.438 e. The molecule has 1 N–H and O–H groups in total. The van der Waals surface area contributed by atoms with Gasteiger partial charge in [0.15, 0.2) is 5.69 Å². The molecule has 1 aliphatic rings. The van der Waals surface area contributed by atoms with Crippen LogP contribution in [0.4, 0.5) is 9.18 Å². The molecule has 0 aliphatic carbocycles. The van der Waals surface area contributed by atoms with Crippen molar-refractivity contribution in [3.05, 3.63) is 83.6 Å². The number of carbonyl (C=O) groups is 1. The van der Waals surface area contributed by atoms with Crippen molar-refractivity contribution in [2.24, 2.45) is 0 Å². The van der Waals surface area contributed by atoms with Crippen LogP contribution < -0.4 is 0 Å². The number of amides is 1. The van der Waals surface area contributed by atoms with Crippen LogP contribution >= 0.6 is 0 Å². The van der Waals surface area contributed by atoms with Crippen LogP contribution in [-0.4, -0.2) is 38.2 Å². The summed E-state index contributed by atoms with van der Waals surface area (Å²) >= 11 is 0. The van der Waals surface area contributed by atoms with Crippen LogP contribution in [0.1, 0.15) is 56.5 Å². The van der Waals surface area contributed by atoms with Gasteiger partial charge in [-0.2, -0.15) is 5.26 Å². The number of hydrogen-bond donors (Lipinski definition) is 1. The van der Waals surface area contributed by atoms with Crippen molar-refractivity contribution in [3.63, 3.8) is 0 Å². The zero-order chi connectivity index (χ0) is 25.2. The molecule has 180 valence electrons. The highest BCUT2D eigenvalue weighted by molar-refractivity contribution is 5.70. The van der Waals surface area contributed by atoms with Gasteiger partial charge in [0.05, 0.1) is 29.7 Å². The van der Waals surface area contributed by atoms with Gasteiger partial charge in [0.1, 0.15) is 17.5 Å². The number of nitrogens with zero attached hydrogens (tertiary/aromatic N) is 4. The number of hydrogen-bond acceptors (Lipinski definition) is 6. The summed E-state index contributed by atoms with van der Waals surface area (Å²) in [7, 11) is 0. The van der Waals surface area contributed by atoms with Crippen molar-refractivity contribution in [1.29, 1.82) is 5.26 Å². The number of cyclic esters (lactones) is 1. The van der Waals surface area contributed by atoms with Crippen LogP contribution in [0.2, 0.25) is 0 Å². The van der Waals surface area contributed by atoms with Crippen LogP contribution in [0, 0.1) is 17.1 Å². The number of benzene rings is 2. The molecule has 2 unspecified atom stereocenters. The minimum absolute atomic E-state index is 0.194. The van der Waals surface area contributed by atoms with E-state index in [9.17, 15) is 14.3 Å².